The Morgan fingerprint density at radius 1 is 1.13 bits per heavy atom. The standard InChI is InChI=1S/C22H25N3O4S/c1-2-13-23-21(26)18-9-7-14-25(16-18)22(27)17-8-6-10-19(15-17)24-30(28,29)20-11-4-3-5-12-20/h2-6,8,10-12,15,18,24H,1,7,9,13-14,16H2,(H,23,26). The molecular weight excluding hydrogens is 402 g/mol. The fraction of sp³-hybridized carbons (Fsp3) is 0.273. The highest BCUT2D eigenvalue weighted by atomic mass is 32.2. The molecule has 0 bridgehead atoms. The van der Waals surface area contributed by atoms with E-state index < -0.39 is 10.0 Å². The Morgan fingerprint density at radius 2 is 1.90 bits per heavy atom. The molecule has 1 heterocycles. The molecule has 1 aliphatic rings. The molecule has 1 saturated heterocycles. The van der Waals surface area contributed by atoms with Gasteiger partial charge in [-0.25, -0.2) is 8.42 Å². The van der Waals surface area contributed by atoms with Crippen LogP contribution >= 0.6 is 0 Å². The first kappa shape index (κ1) is 21.6. The van der Waals surface area contributed by atoms with Crippen LogP contribution in [0.25, 0.3) is 0 Å². The predicted molar refractivity (Wildman–Crippen MR) is 116 cm³/mol. The minimum atomic E-state index is -3.75. The van der Waals surface area contributed by atoms with Gasteiger partial charge in [0.1, 0.15) is 0 Å². The molecule has 2 aromatic rings. The van der Waals surface area contributed by atoms with Crippen molar-refractivity contribution in [1.82, 2.24) is 10.2 Å². The van der Waals surface area contributed by atoms with Crippen LogP contribution in [-0.2, 0) is 14.8 Å². The van der Waals surface area contributed by atoms with Gasteiger partial charge in [0, 0.05) is 30.9 Å². The van der Waals surface area contributed by atoms with E-state index in [4.69, 9.17) is 0 Å². The first-order chi connectivity index (χ1) is 14.4. The number of hydrogen-bond donors (Lipinski definition) is 2. The third-order valence-corrected chi connectivity index (χ3v) is 6.31. The lowest BCUT2D eigenvalue weighted by Crippen LogP contribution is -2.45. The number of likely N-dealkylation sites (tertiary alicyclic amines) is 1. The zero-order valence-electron chi connectivity index (χ0n) is 16.6. The van der Waals surface area contributed by atoms with Gasteiger partial charge < -0.3 is 10.2 Å². The second kappa shape index (κ2) is 9.58. The molecule has 3 rings (SSSR count). The Labute approximate surface area is 176 Å². The first-order valence-electron chi connectivity index (χ1n) is 9.76. The maximum absolute atomic E-state index is 13.0. The van der Waals surface area contributed by atoms with Crippen LogP contribution in [0.3, 0.4) is 0 Å². The van der Waals surface area contributed by atoms with Crippen LogP contribution in [0.2, 0.25) is 0 Å². The summed E-state index contributed by atoms with van der Waals surface area (Å²) in [6.07, 6.45) is 3.08. The van der Waals surface area contributed by atoms with Gasteiger partial charge in [0.25, 0.3) is 15.9 Å². The molecule has 0 aliphatic carbocycles. The van der Waals surface area contributed by atoms with Gasteiger partial charge in [-0.15, -0.1) is 6.58 Å². The number of rotatable bonds is 7. The fourth-order valence-corrected chi connectivity index (χ4v) is 4.48. The third-order valence-electron chi connectivity index (χ3n) is 4.92. The van der Waals surface area contributed by atoms with E-state index in [1.807, 2.05) is 0 Å². The van der Waals surface area contributed by atoms with Crippen molar-refractivity contribution in [3.05, 3.63) is 72.8 Å². The average Bonchev–Trinajstić information content (AvgIpc) is 2.77. The van der Waals surface area contributed by atoms with Gasteiger partial charge in [-0.1, -0.05) is 30.3 Å². The monoisotopic (exact) mass is 427 g/mol. The summed E-state index contributed by atoms with van der Waals surface area (Å²) < 4.78 is 27.6. The van der Waals surface area contributed by atoms with Crippen molar-refractivity contribution >= 4 is 27.5 Å². The largest absolute Gasteiger partial charge is 0.352 e. The van der Waals surface area contributed by atoms with Crippen LogP contribution in [0.1, 0.15) is 23.2 Å². The van der Waals surface area contributed by atoms with E-state index in [0.29, 0.717) is 30.9 Å². The van der Waals surface area contributed by atoms with Crippen molar-refractivity contribution in [2.24, 2.45) is 5.92 Å². The van der Waals surface area contributed by atoms with Crippen LogP contribution in [0.15, 0.2) is 72.1 Å². The number of nitrogens with one attached hydrogen (secondary N) is 2. The first-order valence-corrected chi connectivity index (χ1v) is 11.2. The van der Waals surface area contributed by atoms with E-state index in [1.165, 1.54) is 18.2 Å². The van der Waals surface area contributed by atoms with Gasteiger partial charge in [-0.05, 0) is 43.2 Å². The van der Waals surface area contributed by atoms with Crippen LogP contribution < -0.4 is 10.0 Å². The Bertz CT molecular complexity index is 1020. The second-order valence-corrected chi connectivity index (χ2v) is 8.81. The molecule has 1 aliphatic heterocycles. The summed E-state index contributed by atoms with van der Waals surface area (Å²) in [5, 5.41) is 2.78. The highest BCUT2D eigenvalue weighted by molar-refractivity contribution is 7.92. The molecule has 2 N–H and O–H groups in total. The van der Waals surface area contributed by atoms with Crippen LogP contribution in [0.5, 0.6) is 0 Å². The molecule has 2 aromatic carbocycles. The normalized spacial score (nSPS) is 16.5. The van der Waals surface area contributed by atoms with Gasteiger partial charge in [-0.2, -0.15) is 0 Å². The molecule has 0 aromatic heterocycles. The van der Waals surface area contributed by atoms with Gasteiger partial charge in [0.2, 0.25) is 5.91 Å². The number of hydrogen-bond acceptors (Lipinski definition) is 4. The zero-order chi connectivity index (χ0) is 21.6. The fourth-order valence-electron chi connectivity index (χ4n) is 3.40. The highest BCUT2D eigenvalue weighted by Gasteiger charge is 2.28. The van der Waals surface area contributed by atoms with Gasteiger partial charge in [0.05, 0.1) is 10.8 Å². The molecular formula is C22H25N3O4S. The molecule has 0 radical (unpaired) electrons. The number of piperidine rings is 1. The summed E-state index contributed by atoms with van der Waals surface area (Å²) in [5.41, 5.74) is 0.678. The summed E-state index contributed by atoms with van der Waals surface area (Å²) in [7, 11) is -3.75. The van der Waals surface area contributed by atoms with Crippen molar-refractivity contribution in [3.63, 3.8) is 0 Å². The number of nitrogens with zero attached hydrogens (tertiary/aromatic N) is 1. The predicted octanol–water partition coefficient (Wildman–Crippen LogP) is 2.64. The average molecular weight is 428 g/mol. The van der Waals surface area contributed by atoms with E-state index in [1.54, 1.807) is 47.4 Å². The molecule has 0 saturated carbocycles. The molecule has 8 heteroatoms. The molecule has 158 valence electrons. The van der Waals surface area contributed by atoms with Crippen molar-refractivity contribution in [1.29, 1.82) is 0 Å². The van der Waals surface area contributed by atoms with Crippen molar-refractivity contribution < 1.29 is 18.0 Å². The number of sulfonamides is 1. The number of carbonyl (C=O) groups is 2. The number of carbonyl (C=O) groups excluding carboxylic acids is 2. The molecule has 7 nitrogen and oxygen atoms in total. The van der Waals surface area contributed by atoms with Crippen molar-refractivity contribution in [3.8, 4) is 0 Å². The lowest BCUT2D eigenvalue weighted by molar-refractivity contribution is -0.126. The maximum atomic E-state index is 13.0. The van der Waals surface area contributed by atoms with Gasteiger partial charge >= 0.3 is 0 Å². The number of anilines is 1. The van der Waals surface area contributed by atoms with Crippen molar-refractivity contribution in [2.75, 3.05) is 24.4 Å². The molecule has 1 fully saturated rings. The van der Waals surface area contributed by atoms with Gasteiger partial charge in [-0.3, -0.25) is 14.3 Å². The maximum Gasteiger partial charge on any atom is 0.261 e. The van der Waals surface area contributed by atoms with E-state index >= 15 is 0 Å². The molecule has 2 amide bonds. The number of benzene rings is 2. The summed E-state index contributed by atoms with van der Waals surface area (Å²) in [5.74, 6) is -0.573. The molecule has 1 atom stereocenters. The minimum absolute atomic E-state index is 0.0863. The minimum Gasteiger partial charge on any atom is -0.352 e. The van der Waals surface area contributed by atoms with Crippen molar-refractivity contribution in [2.45, 2.75) is 17.7 Å². The number of amides is 2. The summed E-state index contributed by atoms with van der Waals surface area (Å²) in [6, 6.07) is 14.4. The topological polar surface area (TPSA) is 95.6 Å². The Balaban J connectivity index is 1.71. The van der Waals surface area contributed by atoms with E-state index in [-0.39, 0.29) is 22.6 Å². The van der Waals surface area contributed by atoms with E-state index in [0.717, 1.165) is 12.8 Å². The lowest BCUT2D eigenvalue weighted by Gasteiger charge is -2.32. The third kappa shape index (κ3) is 5.27. The SMILES string of the molecule is C=CCNC(=O)C1CCCN(C(=O)c2cccc(NS(=O)(=O)c3ccccc3)c2)C1. The van der Waals surface area contributed by atoms with E-state index in [2.05, 4.69) is 16.6 Å². The Hall–Kier alpha value is -3.13. The van der Waals surface area contributed by atoms with Crippen LogP contribution in [0, 0.1) is 5.92 Å². The highest BCUT2D eigenvalue weighted by Crippen LogP contribution is 2.21. The van der Waals surface area contributed by atoms with Crippen LogP contribution in [-0.4, -0.2) is 44.8 Å². The summed E-state index contributed by atoms with van der Waals surface area (Å²) in [6.45, 7) is 4.88. The quantitative estimate of drug-likeness (QED) is 0.664. The smallest absolute Gasteiger partial charge is 0.261 e. The summed E-state index contributed by atoms with van der Waals surface area (Å²) in [4.78, 5) is 27.0. The summed E-state index contributed by atoms with van der Waals surface area (Å²) >= 11 is 0. The Kier molecular flexibility index (Phi) is 6.89. The molecule has 0 spiro atoms. The van der Waals surface area contributed by atoms with Crippen LogP contribution in [0.4, 0.5) is 5.69 Å². The Morgan fingerprint density at radius 3 is 2.63 bits per heavy atom. The second-order valence-electron chi connectivity index (χ2n) is 7.12. The molecule has 1 unspecified atom stereocenters. The lowest BCUT2D eigenvalue weighted by atomic mass is 9.96. The van der Waals surface area contributed by atoms with Gasteiger partial charge in [0.15, 0.2) is 0 Å². The van der Waals surface area contributed by atoms with E-state index in [9.17, 15) is 18.0 Å². The molecule has 30 heavy (non-hydrogen) atoms. The zero-order valence-corrected chi connectivity index (χ0v) is 17.4.